The van der Waals surface area contributed by atoms with E-state index in [1.54, 1.807) is 17.7 Å². The van der Waals surface area contributed by atoms with Gasteiger partial charge in [0.2, 0.25) is 6.41 Å². The number of benzene rings is 2. The Balaban J connectivity index is 1.19. The van der Waals surface area contributed by atoms with Crippen LogP contribution in [0.25, 0.3) is 22.4 Å². The van der Waals surface area contributed by atoms with E-state index in [-0.39, 0.29) is 5.54 Å². The van der Waals surface area contributed by atoms with E-state index in [4.69, 9.17) is 0 Å². The van der Waals surface area contributed by atoms with Crippen LogP contribution in [0.5, 0.6) is 0 Å². The monoisotopic (exact) mass is 538 g/mol. The first-order valence-electron chi connectivity index (χ1n) is 13.7. The lowest BCUT2D eigenvalue weighted by Crippen LogP contribution is -2.46. The summed E-state index contributed by atoms with van der Waals surface area (Å²) in [5, 5.41) is 8.65. The molecule has 2 aromatic heterocycles. The molecule has 0 spiro atoms. The zero-order valence-electron chi connectivity index (χ0n) is 22.5. The van der Waals surface area contributed by atoms with Gasteiger partial charge in [0.15, 0.2) is 5.82 Å². The number of carbonyl (C=O) groups excluding carboxylic acids is 1. The van der Waals surface area contributed by atoms with Crippen LogP contribution in [0.4, 0.5) is 17.2 Å². The Morgan fingerprint density at radius 1 is 1.00 bits per heavy atom. The van der Waals surface area contributed by atoms with Crippen molar-refractivity contribution in [2.45, 2.75) is 32.2 Å². The number of aromatic nitrogens is 2. The molecule has 0 unspecified atom stereocenters. The number of likely N-dealkylation sites (N-methyl/N-ethyl adjacent to an activating group) is 1. The molecule has 0 atom stereocenters. The predicted molar refractivity (Wildman–Crippen MR) is 162 cm³/mol. The molecule has 2 aromatic carbocycles. The van der Waals surface area contributed by atoms with E-state index in [9.17, 15) is 4.79 Å². The van der Waals surface area contributed by atoms with Crippen LogP contribution >= 0.6 is 11.3 Å². The number of anilines is 3. The van der Waals surface area contributed by atoms with Crippen molar-refractivity contribution in [3.05, 3.63) is 76.4 Å². The number of hydrogen-bond donors (Lipinski definition) is 2. The highest BCUT2D eigenvalue weighted by Gasteiger charge is 2.44. The molecule has 7 nitrogen and oxygen atoms in total. The molecule has 2 N–H and O–H groups in total. The number of carbonyl (C=O) groups is 1. The summed E-state index contributed by atoms with van der Waals surface area (Å²) in [5.41, 5.74) is 7.61. The number of piperazine rings is 1. The van der Waals surface area contributed by atoms with Crippen LogP contribution in [0.1, 0.15) is 42.0 Å². The summed E-state index contributed by atoms with van der Waals surface area (Å²) in [4.78, 5) is 25.2. The number of nitrogens with one attached hydrogen (secondary N) is 2. The number of hydrogen-bond acceptors (Lipinski definition) is 7. The van der Waals surface area contributed by atoms with Gasteiger partial charge in [0.1, 0.15) is 6.33 Å². The average molecular weight is 539 g/mol. The second-order valence-corrected chi connectivity index (χ2v) is 11.3. The maximum Gasteiger partial charge on any atom is 0.207 e. The quantitative estimate of drug-likeness (QED) is 0.263. The van der Waals surface area contributed by atoms with Crippen LogP contribution in [0.3, 0.4) is 0 Å². The molecular formula is C31H34N6OS. The van der Waals surface area contributed by atoms with E-state index in [1.807, 2.05) is 0 Å². The molecule has 1 saturated carbocycles. The molecule has 8 heteroatoms. The Labute approximate surface area is 233 Å². The molecule has 39 heavy (non-hydrogen) atoms. The third-order valence-corrected chi connectivity index (χ3v) is 9.05. The van der Waals surface area contributed by atoms with Crippen molar-refractivity contribution < 1.29 is 4.79 Å². The van der Waals surface area contributed by atoms with Gasteiger partial charge in [0.05, 0.1) is 15.8 Å². The van der Waals surface area contributed by atoms with Gasteiger partial charge in [-0.2, -0.15) is 0 Å². The number of aryl methyl sites for hydroxylation is 1. The molecule has 0 bridgehead atoms. The topological polar surface area (TPSA) is 73.4 Å². The van der Waals surface area contributed by atoms with E-state index in [1.165, 1.54) is 11.3 Å². The molecule has 1 saturated heterocycles. The van der Waals surface area contributed by atoms with E-state index in [0.29, 0.717) is 0 Å². The lowest BCUT2D eigenvalue weighted by atomic mass is 9.98. The Morgan fingerprint density at radius 2 is 1.77 bits per heavy atom. The average Bonchev–Trinajstić information content (AvgIpc) is 3.64. The first-order chi connectivity index (χ1) is 19.1. The fourth-order valence-electron chi connectivity index (χ4n) is 5.34. The van der Waals surface area contributed by atoms with E-state index >= 15 is 0 Å². The van der Waals surface area contributed by atoms with Crippen LogP contribution in [0.2, 0.25) is 0 Å². The standard InChI is InChI=1S/C31H34N6OS/c1-3-36-14-16-37(17-15-36)27-10-8-26(9-11-27)35-30-29-28(32-20-33-30)24(19-39-29)6-5-23-18-25(7-4-22(23)2)31(12-13-31)34-21-38/h4-11,18-21H,3,12-17H2,1-2H3,(H,34,38)(H,32,33,35)/b6-5+. The number of fused-ring (bicyclic) bond motifs is 1. The number of amides is 1. The first-order valence-corrected chi connectivity index (χ1v) is 14.5. The van der Waals surface area contributed by atoms with Crippen molar-refractivity contribution in [1.29, 1.82) is 0 Å². The van der Waals surface area contributed by atoms with Gasteiger partial charge in [-0.15, -0.1) is 11.3 Å². The molecule has 6 rings (SSSR count). The summed E-state index contributed by atoms with van der Waals surface area (Å²) in [7, 11) is 0. The fourth-order valence-corrected chi connectivity index (χ4v) is 6.28. The summed E-state index contributed by atoms with van der Waals surface area (Å²) in [5.74, 6) is 0.822. The molecule has 2 aliphatic rings. The summed E-state index contributed by atoms with van der Waals surface area (Å²) < 4.78 is 1.04. The largest absolute Gasteiger partial charge is 0.369 e. The molecule has 1 aliphatic heterocycles. The molecule has 200 valence electrons. The van der Waals surface area contributed by atoms with Gasteiger partial charge in [-0.25, -0.2) is 9.97 Å². The van der Waals surface area contributed by atoms with Gasteiger partial charge >= 0.3 is 0 Å². The molecule has 3 heterocycles. The van der Waals surface area contributed by atoms with Crippen molar-refractivity contribution in [3.8, 4) is 0 Å². The van der Waals surface area contributed by atoms with Crippen LogP contribution in [0, 0.1) is 6.92 Å². The summed E-state index contributed by atoms with van der Waals surface area (Å²) in [6.07, 6.45) is 8.68. The zero-order chi connectivity index (χ0) is 26.8. The fraction of sp³-hybridized carbons (Fsp3) is 0.323. The Kier molecular flexibility index (Phi) is 7.06. The summed E-state index contributed by atoms with van der Waals surface area (Å²) in [6, 6.07) is 15.1. The third-order valence-electron chi connectivity index (χ3n) is 8.06. The lowest BCUT2D eigenvalue weighted by Gasteiger charge is -2.35. The van der Waals surface area contributed by atoms with Crippen molar-refractivity contribution in [2.75, 3.05) is 42.9 Å². The Hall–Kier alpha value is -3.75. The molecule has 4 aromatic rings. The lowest BCUT2D eigenvalue weighted by molar-refractivity contribution is -0.110. The first kappa shape index (κ1) is 25.5. The summed E-state index contributed by atoms with van der Waals surface area (Å²) in [6.45, 7) is 9.84. The summed E-state index contributed by atoms with van der Waals surface area (Å²) >= 11 is 1.65. The third kappa shape index (κ3) is 5.27. The van der Waals surface area contributed by atoms with Crippen LogP contribution < -0.4 is 15.5 Å². The number of nitrogens with zero attached hydrogens (tertiary/aromatic N) is 4. The van der Waals surface area contributed by atoms with Crippen LogP contribution in [-0.2, 0) is 10.3 Å². The minimum absolute atomic E-state index is 0.191. The van der Waals surface area contributed by atoms with Gasteiger partial charge in [-0.05, 0) is 73.3 Å². The van der Waals surface area contributed by atoms with Gasteiger partial charge < -0.3 is 20.4 Å². The van der Waals surface area contributed by atoms with Gasteiger partial charge in [-0.3, -0.25) is 4.79 Å². The maximum absolute atomic E-state index is 11.1. The number of thiophene rings is 1. The normalized spacial score (nSPS) is 17.0. The van der Waals surface area contributed by atoms with Crippen molar-refractivity contribution in [1.82, 2.24) is 20.2 Å². The second kappa shape index (κ2) is 10.8. The van der Waals surface area contributed by atoms with Gasteiger partial charge in [0.25, 0.3) is 0 Å². The van der Waals surface area contributed by atoms with E-state index < -0.39 is 0 Å². The van der Waals surface area contributed by atoms with Crippen molar-refractivity contribution in [2.24, 2.45) is 0 Å². The van der Waals surface area contributed by atoms with Crippen molar-refractivity contribution in [3.63, 3.8) is 0 Å². The number of rotatable bonds is 9. The second-order valence-electron chi connectivity index (χ2n) is 10.4. The molecule has 0 radical (unpaired) electrons. The Morgan fingerprint density at radius 3 is 2.49 bits per heavy atom. The van der Waals surface area contributed by atoms with Gasteiger partial charge in [0, 0.05) is 48.5 Å². The molecule has 1 aliphatic carbocycles. The molecule has 1 amide bonds. The van der Waals surface area contributed by atoms with Crippen molar-refractivity contribution >= 4 is 57.3 Å². The highest BCUT2D eigenvalue weighted by atomic mass is 32.1. The minimum atomic E-state index is -0.191. The highest BCUT2D eigenvalue weighted by molar-refractivity contribution is 7.18. The molecular weight excluding hydrogens is 504 g/mol. The predicted octanol–water partition coefficient (Wildman–Crippen LogP) is 5.79. The SMILES string of the molecule is CCN1CCN(c2ccc(Nc3ncnc4c(/C=C/c5cc(C6(NC=O)CC6)ccc5C)csc34)cc2)CC1. The minimum Gasteiger partial charge on any atom is -0.369 e. The zero-order valence-corrected chi connectivity index (χ0v) is 23.3. The van der Waals surface area contributed by atoms with Crippen LogP contribution in [0.15, 0.2) is 54.2 Å². The van der Waals surface area contributed by atoms with Gasteiger partial charge in [-0.1, -0.05) is 31.2 Å². The molecule has 2 fully saturated rings. The maximum atomic E-state index is 11.1. The van der Waals surface area contributed by atoms with Crippen LogP contribution in [-0.4, -0.2) is 54.0 Å². The van der Waals surface area contributed by atoms with E-state index in [2.05, 4.69) is 104 Å². The Bertz CT molecular complexity index is 1500. The highest BCUT2D eigenvalue weighted by Crippen LogP contribution is 2.45. The smallest absolute Gasteiger partial charge is 0.207 e. The van der Waals surface area contributed by atoms with E-state index in [0.717, 1.165) is 90.4 Å².